The summed E-state index contributed by atoms with van der Waals surface area (Å²) in [6.45, 7) is 2.91. The lowest BCUT2D eigenvalue weighted by atomic mass is 10.3. The SMILES string of the molecule is CCNc1cncc(Nc2ccc(Br)cc2Cl)c1. The molecular formula is C13H13BrClN3. The van der Waals surface area contributed by atoms with Gasteiger partial charge in [-0.05, 0) is 31.2 Å². The fraction of sp³-hybridized carbons (Fsp3) is 0.154. The van der Waals surface area contributed by atoms with E-state index in [-0.39, 0.29) is 0 Å². The molecule has 94 valence electrons. The number of anilines is 3. The lowest BCUT2D eigenvalue weighted by Gasteiger charge is -2.10. The van der Waals surface area contributed by atoms with E-state index in [1.807, 2.05) is 31.2 Å². The fourth-order valence-electron chi connectivity index (χ4n) is 1.56. The van der Waals surface area contributed by atoms with E-state index < -0.39 is 0 Å². The van der Waals surface area contributed by atoms with E-state index in [0.717, 1.165) is 28.1 Å². The van der Waals surface area contributed by atoms with E-state index >= 15 is 0 Å². The third kappa shape index (κ3) is 3.37. The lowest BCUT2D eigenvalue weighted by Crippen LogP contribution is -1.98. The molecule has 0 unspecified atom stereocenters. The highest BCUT2D eigenvalue weighted by molar-refractivity contribution is 9.10. The molecular weight excluding hydrogens is 314 g/mol. The van der Waals surface area contributed by atoms with Crippen LogP contribution in [0.25, 0.3) is 0 Å². The Kier molecular flexibility index (Phi) is 4.44. The maximum atomic E-state index is 6.15. The second-order valence-electron chi connectivity index (χ2n) is 3.74. The number of halogens is 2. The Morgan fingerprint density at radius 2 is 2.00 bits per heavy atom. The standard InChI is InChI=1S/C13H13BrClN3/c1-2-17-10-6-11(8-16-7-10)18-13-4-3-9(14)5-12(13)15/h3-8,17-18H,2H2,1H3. The molecule has 0 atom stereocenters. The van der Waals surface area contributed by atoms with Crippen molar-refractivity contribution in [1.29, 1.82) is 0 Å². The van der Waals surface area contributed by atoms with Gasteiger partial charge in [-0.1, -0.05) is 27.5 Å². The monoisotopic (exact) mass is 325 g/mol. The van der Waals surface area contributed by atoms with Crippen LogP contribution in [0.1, 0.15) is 6.92 Å². The molecule has 0 spiro atoms. The Morgan fingerprint density at radius 1 is 1.22 bits per heavy atom. The molecule has 0 aliphatic rings. The molecule has 0 radical (unpaired) electrons. The predicted molar refractivity (Wildman–Crippen MR) is 80.8 cm³/mol. The van der Waals surface area contributed by atoms with Gasteiger partial charge in [-0.3, -0.25) is 4.98 Å². The van der Waals surface area contributed by atoms with Crippen LogP contribution in [0.3, 0.4) is 0 Å². The van der Waals surface area contributed by atoms with Gasteiger partial charge in [0.25, 0.3) is 0 Å². The van der Waals surface area contributed by atoms with Crippen LogP contribution in [0.4, 0.5) is 17.1 Å². The first-order chi connectivity index (χ1) is 8.69. The molecule has 1 aromatic carbocycles. The molecule has 0 saturated carbocycles. The topological polar surface area (TPSA) is 37.0 Å². The quantitative estimate of drug-likeness (QED) is 0.857. The average molecular weight is 327 g/mol. The van der Waals surface area contributed by atoms with E-state index in [9.17, 15) is 0 Å². The number of rotatable bonds is 4. The average Bonchev–Trinajstić information content (AvgIpc) is 2.34. The Hall–Kier alpha value is -1.26. The third-order valence-electron chi connectivity index (χ3n) is 2.33. The zero-order valence-electron chi connectivity index (χ0n) is 9.87. The number of nitrogens with one attached hydrogen (secondary N) is 2. The van der Waals surface area contributed by atoms with E-state index in [0.29, 0.717) is 5.02 Å². The largest absolute Gasteiger partial charge is 0.384 e. The minimum Gasteiger partial charge on any atom is -0.384 e. The van der Waals surface area contributed by atoms with Gasteiger partial charge >= 0.3 is 0 Å². The minimum absolute atomic E-state index is 0.665. The van der Waals surface area contributed by atoms with Gasteiger partial charge in [-0.15, -0.1) is 0 Å². The van der Waals surface area contributed by atoms with E-state index in [1.165, 1.54) is 0 Å². The van der Waals surface area contributed by atoms with Crippen LogP contribution in [0, 0.1) is 0 Å². The highest BCUT2D eigenvalue weighted by Crippen LogP contribution is 2.28. The molecule has 18 heavy (non-hydrogen) atoms. The van der Waals surface area contributed by atoms with Crippen molar-refractivity contribution in [3.8, 4) is 0 Å². The summed E-state index contributed by atoms with van der Waals surface area (Å²) >= 11 is 9.53. The summed E-state index contributed by atoms with van der Waals surface area (Å²) in [4.78, 5) is 4.17. The Morgan fingerprint density at radius 3 is 2.72 bits per heavy atom. The van der Waals surface area contributed by atoms with Crippen molar-refractivity contribution < 1.29 is 0 Å². The van der Waals surface area contributed by atoms with Crippen LogP contribution < -0.4 is 10.6 Å². The molecule has 2 aromatic rings. The second-order valence-corrected chi connectivity index (χ2v) is 5.06. The summed E-state index contributed by atoms with van der Waals surface area (Å²) in [5.74, 6) is 0. The summed E-state index contributed by atoms with van der Waals surface area (Å²) in [5, 5.41) is 7.12. The molecule has 1 aromatic heterocycles. The van der Waals surface area contributed by atoms with Crippen molar-refractivity contribution in [2.45, 2.75) is 6.92 Å². The summed E-state index contributed by atoms with van der Waals surface area (Å²) in [6.07, 6.45) is 3.55. The molecule has 0 aliphatic heterocycles. The summed E-state index contributed by atoms with van der Waals surface area (Å²) in [7, 11) is 0. The Bertz CT molecular complexity index is 546. The van der Waals surface area contributed by atoms with Crippen LogP contribution >= 0.6 is 27.5 Å². The van der Waals surface area contributed by atoms with Crippen molar-refractivity contribution >= 4 is 44.6 Å². The first-order valence-electron chi connectivity index (χ1n) is 5.60. The Balaban J connectivity index is 2.20. The third-order valence-corrected chi connectivity index (χ3v) is 3.14. The maximum Gasteiger partial charge on any atom is 0.0652 e. The van der Waals surface area contributed by atoms with Crippen LogP contribution in [-0.4, -0.2) is 11.5 Å². The maximum absolute atomic E-state index is 6.15. The van der Waals surface area contributed by atoms with Crippen molar-refractivity contribution in [2.24, 2.45) is 0 Å². The predicted octanol–water partition coefficient (Wildman–Crippen LogP) is 4.67. The van der Waals surface area contributed by atoms with Gasteiger partial charge in [0.1, 0.15) is 0 Å². The summed E-state index contributed by atoms with van der Waals surface area (Å²) in [5.41, 5.74) is 2.74. The number of hydrogen-bond donors (Lipinski definition) is 2. The first kappa shape index (κ1) is 13.2. The first-order valence-corrected chi connectivity index (χ1v) is 6.77. The van der Waals surface area contributed by atoms with Gasteiger partial charge in [0.05, 0.1) is 34.5 Å². The van der Waals surface area contributed by atoms with Gasteiger partial charge in [0, 0.05) is 11.0 Å². The van der Waals surface area contributed by atoms with Gasteiger partial charge in [0.2, 0.25) is 0 Å². The molecule has 0 amide bonds. The highest BCUT2D eigenvalue weighted by atomic mass is 79.9. The van der Waals surface area contributed by atoms with Crippen LogP contribution in [0.5, 0.6) is 0 Å². The van der Waals surface area contributed by atoms with Crippen molar-refractivity contribution in [1.82, 2.24) is 4.98 Å². The van der Waals surface area contributed by atoms with Crippen molar-refractivity contribution in [3.63, 3.8) is 0 Å². The van der Waals surface area contributed by atoms with Gasteiger partial charge in [0.15, 0.2) is 0 Å². The zero-order chi connectivity index (χ0) is 13.0. The number of hydrogen-bond acceptors (Lipinski definition) is 3. The minimum atomic E-state index is 0.665. The van der Waals surface area contributed by atoms with E-state index in [4.69, 9.17) is 11.6 Å². The Labute approximate surface area is 120 Å². The normalized spacial score (nSPS) is 10.2. The lowest BCUT2D eigenvalue weighted by molar-refractivity contribution is 1.19. The number of benzene rings is 1. The molecule has 2 N–H and O–H groups in total. The van der Waals surface area contributed by atoms with Gasteiger partial charge < -0.3 is 10.6 Å². The smallest absolute Gasteiger partial charge is 0.0652 e. The summed E-state index contributed by atoms with van der Waals surface area (Å²) < 4.78 is 0.956. The molecule has 1 heterocycles. The molecule has 0 bridgehead atoms. The molecule has 3 nitrogen and oxygen atoms in total. The van der Waals surface area contributed by atoms with Crippen LogP contribution in [0.2, 0.25) is 5.02 Å². The van der Waals surface area contributed by atoms with Crippen molar-refractivity contribution in [2.75, 3.05) is 17.2 Å². The number of pyridine rings is 1. The molecule has 0 aliphatic carbocycles. The number of nitrogens with zero attached hydrogens (tertiary/aromatic N) is 1. The van der Waals surface area contributed by atoms with Crippen LogP contribution in [0.15, 0.2) is 41.1 Å². The molecule has 0 fully saturated rings. The molecule has 2 rings (SSSR count). The summed E-state index contributed by atoms with van der Waals surface area (Å²) in [6, 6.07) is 7.71. The van der Waals surface area contributed by atoms with E-state index in [1.54, 1.807) is 12.4 Å². The molecule has 0 saturated heterocycles. The van der Waals surface area contributed by atoms with Gasteiger partial charge in [-0.25, -0.2) is 0 Å². The van der Waals surface area contributed by atoms with Crippen LogP contribution in [-0.2, 0) is 0 Å². The van der Waals surface area contributed by atoms with Crippen molar-refractivity contribution in [3.05, 3.63) is 46.2 Å². The zero-order valence-corrected chi connectivity index (χ0v) is 12.2. The number of aromatic nitrogens is 1. The van der Waals surface area contributed by atoms with Gasteiger partial charge in [-0.2, -0.15) is 0 Å². The highest BCUT2D eigenvalue weighted by Gasteiger charge is 2.02. The second kappa shape index (κ2) is 6.07. The molecule has 5 heteroatoms. The van der Waals surface area contributed by atoms with E-state index in [2.05, 4.69) is 31.5 Å². The fourth-order valence-corrected chi connectivity index (χ4v) is 2.28.